The molecule has 0 amide bonds. The van der Waals surface area contributed by atoms with Crippen molar-refractivity contribution in [2.24, 2.45) is 5.92 Å². The van der Waals surface area contributed by atoms with E-state index in [0.717, 1.165) is 36.9 Å². The number of benzene rings is 1. The molecule has 0 N–H and O–H groups in total. The Bertz CT molecular complexity index is 427. The molecular formula is C16H23NO2. The van der Waals surface area contributed by atoms with E-state index < -0.39 is 0 Å². The Morgan fingerprint density at radius 2 is 2.11 bits per heavy atom. The molecule has 1 aliphatic rings. The number of rotatable bonds is 8. The SMILES string of the molecule is CCC(=O)c1ccccc1N(C)CCOCC1CC1. The van der Waals surface area contributed by atoms with Crippen LogP contribution in [0.3, 0.4) is 0 Å². The summed E-state index contributed by atoms with van der Waals surface area (Å²) >= 11 is 0. The maximum Gasteiger partial charge on any atom is 0.164 e. The number of carbonyl (C=O) groups excluding carboxylic acids is 1. The van der Waals surface area contributed by atoms with Gasteiger partial charge in [-0.2, -0.15) is 0 Å². The van der Waals surface area contributed by atoms with Gasteiger partial charge in [0.1, 0.15) is 0 Å². The average Bonchev–Trinajstić information content (AvgIpc) is 3.26. The summed E-state index contributed by atoms with van der Waals surface area (Å²) < 4.78 is 5.65. The Kier molecular flexibility index (Phi) is 4.97. The van der Waals surface area contributed by atoms with Crippen LogP contribution in [0.15, 0.2) is 24.3 Å². The summed E-state index contributed by atoms with van der Waals surface area (Å²) in [5.74, 6) is 1.00. The van der Waals surface area contributed by atoms with Gasteiger partial charge in [-0.3, -0.25) is 4.79 Å². The molecule has 1 aromatic rings. The summed E-state index contributed by atoms with van der Waals surface area (Å²) in [4.78, 5) is 14.0. The lowest BCUT2D eigenvalue weighted by molar-refractivity contribution is 0.0988. The first kappa shape index (κ1) is 14.1. The third-order valence-corrected chi connectivity index (χ3v) is 3.56. The van der Waals surface area contributed by atoms with Gasteiger partial charge in [0, 0.05) is 37.9 Å². The van der Waals surface area contributed by atoms with Crippen LogP contribution in [0, 0.1) is 5.92 Å². The van der Waals surface area contributed by atoms with Gasteiger partial charge in [0.05, 0.1) is 6.61 Å². The van der Waals surface area contributed by atoms with Crippen molar-refractivity contribution >= 4 is 11.5 Å². The second-order valence-corrected chi connectivity index (χ2v) is 5.23. The van der Waals surface area contributed by atoms with Crippen molar-refractivity contribution in [1.82, 2.24) is 0 Å². The number of carbonyl (C=O) groups is 1. The van der Waals surface area contributed by atoms with Crippen LogP contribution in [0.4, 0.5) is 5.69 Å². The number of Topliss-reactive ketones (excluding diaryl/α,β-unsaturated/α-hetero) is 1. The highest BCUT2D eigenvalue weighted by molar-refractivity contribution is 6.01. The molecule has 0 atom stereocenters. The molecule has 0 saturated heterocycles. The van der Waals surface area contributed by atoms with Crippen molar-refractivity contribution in [3.05, 3.63) is 29.8 Å². The van der Waals surface area contributed by atoms with Crippen molar-refractivity contribution in [2.75, 3.05) is 31.7 Å². The summed E-state index contributed by atoms with van der Waals surface area (Å²) in [6, 6.07) is 7.81. The van der Waals surface area contributed by atoms with E-state index in [2.05, 4.69) is 4.90 Å². The number of anilines is 1. The Morgan fingerprint density at radius 3 is 2.79 bits per heavy atom. The molecule has 3 nitrogen and oxygen atoms in total. The number of para-hydroxylation sites is 1. The number of hydrogen-bond acceptors (Lipinski definition) is 3. The zero-order valence-corrected chi connectivity index (χ0v) is 11.9. The molecule has 1 fully saturated rings. The summed E-state index contributed by atoms with van der Waals surface area (Å²) in [6.45, 7) is 4.34. The van der Waals surface area contributed by atoms with Gasteiger partial charge < -0.3 is 9.64 Å². The molecule has 0 unspecified atom stereocenters. The molecule has 0 aromatic heterocycles. The summed E-state index contributed by atoms with van der Waals surface area (Å²) in [6.07, 6.45) is 3.19. The smallest absolute Gasteiger partial charge is 0.164 e. The molecule has 0 aliphatic heterocycles. The zero-order chi connectivity index (χ0) is 13.7. The number of ketones is 1. The first-order chi connectivity index (χ1) is 9.22. The van der Waals surface area contributed by atoms with Crippen LogP contribution < -0.4 is 4.90 Å². The highest BCUT2D eigenvalue weighted by atomic mass is 16.5. The van der Waals surface area contributed by atoms with Crippen LogP contribution in [0.2, 0.25) is 0 Å². The average molecular weight is 261 g/mol. The van der Waals surface area contributed by atoms with Crippen LogP contribution in [0.25, 0.3) is 0 Å². The monoisotopic (exact) mass is 261 g/mol. The summed E-state index contributed by atoms with van der Waals surface area (Å²) in [5, 5.41) is 0. The number of ether oxygens (including phenoxy) is 1. The second-order valence-electron chi connectivity index (χ2n) is 5.23. The van der Waals surface area contributed by atoms with Gasteiger partial charge in [-0.25, -0.2) is 0 Å². The predicted molar refractivity (Wildman–Crippen MR) is 77.9 cm³/mol. The molecular weight excluding hydrogens is 238 g/mol. The first-order valence-corrected chi connectivity index (χ1v) is 7.13. The minimum Gasteiger partial charge on any atom is -0.379 e. The molecule has 0 bridgehead atoms. The molecule has 0 heterocycles. The number of likely N-dealkylation sites (N-methyl/N-ethyl adjacent to an activating group) is 1. The number of nitrogens with zero attached hydrogens (tertiary/aromatic N) is 1. The van der Waals surface area contributed by atoms with E-state index in [1.807, 2.05) is 38.2 Å². The fourth-order valence-electron chi connectivity index (χ4n) is 2.09. The molecule has 3 heteroatoms. The summed E-state index contributed by atoms with van der Waals surface area (Å²) in [5.41, 5.74) is 1.82. The molecule has 19 heavy (non-hydrogen) atoms. The van der Waals surface area contributed by atoms with Crippen LogP contribution in [-0.4, -0.2) is 32.6 Å². The quantitative estimate of drug-likeness (QED) is 0.532. The lowest BCUT2D eigenvalue weighted by atomic mass is 10.1. The van der Waals surface area contributed by atoms with E-state index in [1.54, 1.807) is 0 Å². The topological polar surface area (TPSA) is 29.5 Å². The lowest BCUT2D eigenvalue weighted by Gasteiger charge is -2.21. The van der Waals surface area contributed by atoms with Crippen LogP contribution in [0.1, 0.15) is 36.5 Å². The van der Waals surface area contributed by atoms with E-state index in [0.29, 0.717) is 6.42 Å². The highest BCUT2D eigenvalue weighted by Gasteiger charge is 2.21. The molecule has 1 saturated carbocycles. The molecule has 104 valence electrons. The highest BCUT2D eigenvalue weighted by Crippen LogP contribution is 2.28. The summed E-state index contributed by atoms with van der Waals surface area (Å²) in [7, 11) is 2.02. The van der Waals surface area contributed by atoms with Gasteiger partial charge in [-0.05, 0) is 30.9 Å². The first-order valence-electron chi connectivity index (χ1n) is 7.13. The normalized spacial score (nSPS) is 14.4. The van der Waals surface area contributed by atoms with E-state index in [-0.39, 0.29) is 5.78 Å². The Balaban J connectivity index is 1.89. The van der Waals surface area contributed by atoms with Gasteiger partial charge in [0.25, 0.3) is 0 Å². The minimum absolute atomic E-state index is 0.196. The maximum atomic E-state index is 11.9. The van der Waals surface area contributed by atoms with Crippen molar-refractivity contribution < 1.29 is 9.53 Å². The fourth-order valence-corrected chi connectivity index (χ4v) is 2.09. The Morgan fingerprint density at radius 1 is 1.37 bits per heavy atom. The van der Waals surface area contributed by atoms with Crippen LogP contribution in [0.5, 0.6) is 0 Å². The Labute approximate surface area is 115 Å². The van der Waals surface area contributed by atoms with E-state index in [9.17, 15) is 4.79 Å². The third-order valence-electron chi connectivity index (χ3n) is 3.56. The number of hydrogen-bond donors (Lipinski definition) is 0. The van der Waals surface area contributed by atoms with Crippen molar-refractivity contribution in [3.63, 3.8) is 0 Å². The van der Waals surface area contributed by atoms with Gasteiger partial charge >= 0.3 is 0 Å². The van der Waals surface area contributed by atoms with Crippen LogP contribution in [-0.2, 0) is 4.74 Å². The van der Waals surface area contributed by atoms with E-state index >= 15 is 0 Å². The standard InChI is InChI=1S/C16H23NO2/c1-3-16(18)14-6-4-5-7-15(14)17(2)10-11-19-12-13-8-9-13/h4-7,13H,3,8-12H2,1-2H3. The lowest BCUT2D eigenvalue weighted by Crippen LogP contribution is -2.24. The molecule has 2 rings (SSSR count). The van der Waals surface area contributed by atoms with Gasteiger partial charge in [-0.15, -0.1) is 0 Å². The predicted octanol–water partition coefficient (Wildman–Crippen LogP) is 3.14. The van der Waals surface area contributed by atoms with Crippen molar-refractivity contribution in [2.45, 2.75) is 26.2 Å². The van der Waals surface area contributed by atoms with Gasteiger partial charge in [0.2, 0.25) is 0 Å². The zero-order valence-electron chi connectivity index (χ0n) is 11.9. The van der Waals surface area contributed by atoms with E-state index in [1.165, 1.54) is 12.8 Å². The van der Waals surface area contributed by atoms with E-state index in [4.69, 9.17) is 4.74 Å². The van der Waals surface area contributed by atoms with Gasteiger partial charge in [0.15, 0.2) is 5.78 Å². The molecule has 1 aliphatic carbocycles. The molecule has 1 aromatic carbocycles. The largest absolute Gasteiger partial charge is 0.379 e. The third kappa shape index (κ3) is 4.06. The minimum atomic E-state index is 0.196. The Hall–Kier alpha value is -1.35. The molecule has 0 radical (unpaired) electrons. The van der Waals surface area contributed by atoms with Gasteiger partial charge in [-0.1, -0.05) is 19.1 Å². The van der Waals surface area contributed by atoms with Crippen molar-refractivity contribution in [1.29, 1.82) is 0 Å². The van der Waals surface area contributed by atoms with Crippen molar-refractivity contribution in [3.8, 4) is 0 Å². The van der Waals surface area contributed by atoms with Crippen LogP contribution >= 0.6 is 0 Å². The molecule has 0 spiro atoms. The maximum absolute atomic E-state index is 11.9. The second kappa shape index (κ2) is 6.71. The fraction of sp³-hybridized carbons (Fsp3) is 0.562.